The number of nitrogens with zero attached hydrogens (tertiary/aromatic N) is 2. The first-order valence-electron chi connectivity index (χ1n) is 9.70. The van der Waals surface area contributed by atoms with Gasteiger partial charge in [0.05, 0.1) is 38.2 Å². The molecule has 1 unspecified atom stereocenters. The van der Waals surface area contributed by atoms with Crippen LogP contribution in [0.1, 0.15) is 37.5 Å². The third kappa shape index (κ3) is 6.30. The van der Waals surface area contributed by atoms with E-state index in [1.54, 1.807) is 6.92 Å². The lowest BCUT2D eigenvalue weighted by Crippen LogP contribution is -2.31. The van der Waals surface area contributed by atoms with Gasteiger partial charge in [-0.25, -0.2) is 9.97 Å². The molecule has 0 saturated heterocycles. The molecule has 2 N–H and O–H groups in total. The zero-order valence-corrected chi connectivity index (χ0v) is 18.2. The van der Waals surface area contributed by atoms with Crippen LogP contribution < -0.4 is 10.1 Å². The number of aromatic nitrogens is 2. The number of rotatable bonds is 11. The molecule has 2 atom stereocenters. The molecule has 0 spiro atoms. The summed E-state index contributed by atoms with van der Waals surface area (Å²) in [6.07, 6.45) is -4.41. The summed E-state index contributed by atoms with van der Waals surface area (Å²) in [5.74, 6) is -1.06. The maximum absolute atomic E-state index is 13.7. The van der Waals surface area contributed by atoms with Crippen LogP contribution in [-0.2, 0) is 19.7 Å². The van der Waals surface area contributed by atoms with Crippen LogP contribution >= 0.6 is 0 Å². The van der Waals surface area contributed by atoms with Gasteiger partial charge in [-0.05, 0) is 18.6 Å². The Hall–Kier alpha value is -2.92. The summed E-state index contributed by atoms with van der Waals surface area (Å²) < 4.78 is 56.3. The van der Waals surface area contributed by atoms with Gasteiger partial charge in [-0.3, -0.25) is 4.79 Å². The molecule has 176 valence electrons. The Morgan fingerprint density at radius 2 is 1.88 bits per heavy atom. The van der Waals surface area contributed by atoms with Gasteiger partial charge in [-0.2, -0.15) is 13.2 Å². The normalized spacial score (nSPS) is 14.5. The Morgan fingerprint density at radius 3 is 2.38 bits per heavy atom. The highest BCUT2D eigenvalue weighted by molar-refractivity contribution is 5.70. The van der Waals surface area contributed by atoms with E-state index < -0.39 is 23.7 Å². The monoisotopic (exact) mass is 457 g/mol. The third-order valence-electron chi connectivity index (χ3n) is 4.76. The Balaban J connectivity index is 2.61. The summed E-state index contributed by atoms with van der Waals surface area (Å²) in [6, 6.07) is 4.32. The minimum absolute atomic E-state index is 0.0535. The average Bonchev–Trinajstić information content (AvgIpc) is 2.71. The summed E-state index contributed by atoms with van der Waals surface area (Å²) in [5.41, 5.74) is -0.257. The van der Waals surface area contributed by atoms with Gasteiger partial charge < -0.3 is 24.6 Å². The van der Waals surface area contributed by atoms with E-state index in [4.69, 9.17) is 14.2 Å². The first-order chi connectivity index (χ1) is 15.0. The van der Waals surface area contributed by atoms with Crippen molar-refractivity contribution >= 4 is 17.3 Å². The number of alkyl halides is 3. The SMILES string of the molecule is CCO[C@@H](c1ccc(C(C)(COC)CC(=O)O)cc1Nc1cnc(OC)nc1)C(F)(F)F. The minimum atomic E-state index is -4.67. The van der Waals surface area contributed by atoms with Gasteiger partial charge in [0.1, 0.15) is 0 Å². The summed E-state index contributed by atoms with van der Waals surface area (Å²) >= 11 is 0. The third-order valence-corrected chi connectivity index (χ3v) is 4.76. The molecule has 32 heavy (non-hydrogen) atoms. The molecule has 2 aromatic rings. The molecule has 0 aliphatic rings. The number of carboxylic acid groups (broad SMARTS) is 1. The second kappa shape index (κ2) is 10.6. The number of ether oxygens (including phenoxy) is 3. The second-order valence-electron chi connectivity index (χ2n) is 7.33. The van der Waals surface area contributed by atoms with Crippen molar-refractivity contribution in [3.8, 4) is 6.01 Å². The quantitative estimate of drug-likeness (QED) is 0.516. The van der Waals surface area contributed by atoms with Crippen LogP contribution in [0, 0.1) is 0 Å². The molecule has 0 saturated carbocycles. The summed E-state index contributed by atoms with van der Waals surface area (Å²) in [7, 11) is 2.82. The lowest BCUT2D eigenvalue weighted by atomic mass is 9.79. The van der Waals surface area contributed by atoms with Gasteiger partial charge in [-0.15, -0.1) is 0 Å². The zero-order valence-electron chi connectivity index (χ0n) is 18.2. The molecule has 11 heteroatoms. The predicted molar refractivity (Wildman–Crippen MR) is 110 cm³/mol. The molecule has 0 bridgehead atoms. The number of methoxy groups -OCH3 is 2. The predicted octanol–water partition coefficient (Wildman–Crippen LogP) is 4.25. The van der Waals surface area contributed by atoms with Crippen LogP contribution in [0.3, 0.4) is 0 Å². The molecule has 0 aliphatic heterocycles. The van der Waals surface area contributed by atoms with Crippen molar-refractivity contribution in [1.82, 2.24) is 9.97 Å². The molecule has 0 fully saturated rings. The number of anilines is 2. The molecule has 1 aromatic heterocycles. The molecule has 0 radical (unpaired) electrons. The highest BCUT2D eigenvalue weighted by Crippen LogP contribution is 2.42. The van der Waals surface area contributed by atoms with Crippen LogP contribution in [0.25, 0.3) is 0 Å². The smallest absolute Gasteiger partial charge is 0.418 e. The van der Waals surface area contributed by atoms with Gasteiger partial charge in [0.2, 0.25) is 0 Å². The molecular formula is C21H26F3N3O5. The fourth-order valence-corrected chi connectivity index (χ4v) is 3.33. The van der Waals surface area contributed by atoms with Gasteiger partial charge in [0, 0.05) is 30.4 Å². The van der Waals surface area contributed by atoms with Crippen LogP contribution in [-0.4, -0.2) is 54.7 Å². The van der Waals surface area contributed by atoms with Crippen LogP contribution in [0.2, 0.25) is 0 Å². The Morgan fingerprint density at radius 1 is 1.22 bits per heavy atom. The fraction of sp³-hybridized carbons (Fsp3) is 0.476. The van der Waals surface area contributed by atoms with Crippen molar-refractivity contribution in [2.24, 2.45) is 0 Å². The zero-order chi connectivity index (χ0) is 23.9. The first kappa shape index (κ1) is 25.3. The fourth-order valence-electron chi connectivity index (χ4n) is 3.33. The highest BCUT2D eigenvalue weighted by atomic mass is 19.4. The van der Waals surface area contributed by atoms with E-state index in [2.05, 4.69) is 15.3 Å². The number of carbonyl (C=O) groups is 1. The van der Waals surface area contributed by atoms with E-state index in [0.717, 1.165) is 0 Å². The molecule has 1 heterocycles. The van der Waals surface area contributed by atoms with Crippen molar-refractivity contribution in [2.75, 3.05) is 32.8 Å². The lowest BCUT2D eigenvalue weighted by molar-refractivity contribution is -0.222. The number of nitrogens with one attached hydrogen (secondary N) is 1. The van der Waals surface area contributed by atoms with Crippen molar-refractivity contribution in [3.05, 3.63) is 41.7 Å². The van der Waals surface area contributed by atoms with E-state index in [9.17, 15) is 23.1 Å². The van der Waals surface area contributed by atoms with E-state index in [0.29, 0.717) is 11.3 Å². The molecule has 1 aromatic carbocycles. The summed E-state index contributed by atoms with van der Waals surface area (Å²) in [5, 5.41) is 12.2. The Labute approximate surface area is 183 Å². The summed E-state index contributed by atoms with van der Waals surface area (Å²) in [6.45, 7) is 3.04. The van der Waals surface area contributed by atoms with Crippen LogP contribution in [0.4, 0.5) is 24.5 Å². The Bertz CT molecular complexity index is 909. The average molecular weight is 457 g/mol. The number of halogens is 3. The maximum atomic E-state index is 13.7. The number of hydrogen-bond donors (Lipinski definition) is 2. The van der Waals surface area contributed by atoms with Crippen molar-refractivity contribution in [3.63, 3.8) is 0 Å². The minimum Gasteiger partial charge on any atom is -0.481 e. The van der Waals surface area contributed by atoms with Gasteiger partial charge in [0.25, 0.3) is 0 Å². The Kier molecular flexibility index (Phi) is 8.39. The van der Waals surface area contributed by atoms with Gasteiger partial charge in [0.15, 0.2) is 6.10 Å². The van der Waals surface area contributed by atoms with E-state index >= 15 is 0 Å². The van der Waals surface area contributed by atoms with E-state index in [1.165, 1.54) is 51.7 Å². The molecule has 0 amide bonds. The van der Waals surface area contributed by atoms with Crippen molar-refractivity contribution in [2.45, 2.75) is 38.0 Å². The number of benzene rings is 1. The van der Waals surface area contributed by atoms with Crippen molar-refractivity contribution in [1.29, 1.82) is 0 Å². The van der Waals surface area contributed by atoms with Gasteiger partial charge in [-0.1, -0.05) is 19.1 Å². The lowest BCUT2D eigenvalue weighted by Gasteiger charge is -2.30. The largest absolute Gasteiger partial charge is 0.481 e. The van der Waals surface area contributed by atoms with E-state index in [-0.39, 0.29) is 36.9 Å². The number of aliphatic carboxylic acids is 1. The standard InChI is InChI=1S/C21H26F3N3O5/c1-5-32-18(21(22,23)24)15-7-6-13(20(2,12-30-3)9-17(28)29)8-16(15)27-14-10-25-19(31-4)26-11-14/h6-8,10-11,18,27H,5,9,12H2,1-4H3,(H,28,29)/t18-,20?/m0/s1. The highest BCUT2D eigenvalue weighted by Gasteiger charge is 2.43. The first-order valence-corrected chi connectivity index (χ1v) is 9.70. The summed E-state index contributed by atoms with van der Waals surface area (Å²) in [4.78, 5) is 19.3. The molecule has 2 rings (SSSR count). The molecule has 0 aliphatic carbocycles. The van der Waals surface area contributed by atoms with E-state index in [1.807, 2.05) is 0 Å². The maximum Gasteiger partial charge on any atom is 0.418 e. The molecular weight excluding hydrogens is 431 g/mol. The van der Waals surface area contributed by atoms with Gasteiger partial charge >= 0.3 is 18.2 Å². The topological polar surface area (TPSA) is 103 Å². The second-order valence-corrected chi connectivity index (χ2v) is 7.33. The van der Waals surface area contributed by atoms with Crippen LogP contribution in [0.15, 0.2) is 30.6 Å². The van der Waals surface area contributed by atoms with Crippen LogP contribution in [0.5, 0.6) is 6.01 Å². The number of carboxylic acids is 1. The molecule has 8 nitrogen and oxygen atoms in total. The number of hydrogen-bond acceptors (Lipinski definition) is 7. The van der Waals surface area contributed by atoms with Crippen molar-refractivity contribution < 1.29 is 37.3 Å².